The highest BCUT2D eigenvalue weighted by Gasteiger charge is 2.49. The monoisotopic (exact) mass is 1100 g/mol. The molecule has 13 nitrogen and oxygen atoms in total. The number of thioether (sulfide) groups is 1. The number of hydrogen-bond donors (Lipinski definition) is 3. The number of aliphatic hydroxyl groups excluding tert-OH is 1. The lowest BCUT2D eigenvalue weighted by molar-refractivity contribution is -0.0435. The Hall–Kier alpha value is -5.46. The zero-order chi connectivity index (χ0) is 53.2. The van der Waals surface area contributed by atoms with Crippen LogP contribution in [0.5, 0.6) is 0 Å². The van der Waals surface area contributed by atoms with E-state index in [9.17, 15) is 41.2 Å². The molecule has 398 valence electrons. The molecule has 3 aliphatic rings. The molecule has 5 aromatic carbocycles. The summed E-state index contributed by atoms with van der Waals surface area (Å²) < 4.78 is 94.8. The summed E-state index contributed by atoms with van der Waals surface area (Å²) in [5, 5.41) is 24.2. The van der Waals surface area contributed by atoms with E-state index in [4.69, 9.17) is 16.1 Å². The number of piperazine rings is 1. The van der Waals surface area contributed by atoms with Crippen molar-refractivity contribution in [2.75, 3.05) is 84.5 Å². The second-order valence-electron chi connectivity index (χ2n) is 19.4. The molecule has 3 N–H and O–H groups in total. The van der Waals surface area contributed by atoms with Gasteiger partial charge in [0, 0.05) is 102 Å². The molecule has 0 radical (unpaired) electrons. The van der Waals surface area contributed by atoms with Crippen molar-refractivity contribution in [3.8, 4) is 22.4 Å². The van der Waals surface area contributed by atoms with Gasteiger partial charge in [-0.1, -0.05) is 54.1 Å². The molecule has 0 saturated carbocycles. The number of aromatic nitrogens is 1. The molecule has 2 atom stereocenters. The molecule has 1 unspecified atom stereocenters. The highest BCUT2D eigenvalue weighted by molar-refractivity contribution is 7.99. The largest absolute Gasteiger partial charge is 0.501 e. The number of nitrogens with zero attached hydrogens (tertiary/aromatic N) is 5. The molecule has 75 heavy (non-hydrogen) atoms. The van der Waals surface area contributed by atoms with Crippen LogP contribution in [-0.4, -0.2) is 116 Å². The Morgan fingerprint density at radius 1 is 0.827 bits per heavy atom. The van der Waals surface area contributed by atoms with E-state index < -0.39 is 39.8 Å². The fraction of sp³-hybridized carbons (Fsp3) is 0.364. The number of aromatic carboxylic acids is 1. The lowest BCUT2D eigenvalue weighted by atomic mass is 9.96. The van der Waals surface area contributed by atoms with Gasteiger partial charge in [0.1, 0.15) is 4.90 Å². The quantitative estimate of drug-likeness (QED) is 0.0588. The van der Waals surface area contributed by atoms with Gasteiger partial charge in [0.2, 0.25) is 0 Å². The summed E-state index contributed by atoms with van der Waals surface area (Å²) in [6, 6.07) is 35.3. The van der Waals surface area contributed by atoms with Crippen molar-refractivity contribution in [3.63, 3.8) is 0 Å². The molecular formula is C55H61ClF3N6O7PS2. The van der Waals surface area contributed by atoms with Gasteiger partial charge in [-0.25, -0.2) is 13.2 Å². The number of sulfone groups is 1. The van der Waals surface area contributed by atoms with E-state index in [1.807, 2.05) is 99.6 Å². The molecule has 9 rings (SSSR count). The van der Waals surface area contributed by atoms with Crippen LogP contribution in [-0.2, 0) is 18.9 Å². The third-order valence-electron chi connectivity index (χ3n) is 14.3. The Balaban J connectivity index is 0.923. The Bertz CT molecular complexity index is 3150. The number of piperidine rings is 1. The van der Waals surface area contributed by atoms with E-state index in [0.29, 0.717) is 92.8 Å². The second kappa shape index (κ2) is 22.6. The van der Waals surface area contributed by atoms with Gasteiger partial charge in [-0.2, -0.15) is 13.2 Å². The van der Waals surface area contributed by atoms with E-state index in [-0.39, 0.29) is 41.9 Å². The van der Waals surface area contributed by atoms with Crippen LogP contribution in [0.15, 0.2) is 131 Å². The predicted octanol–water partition coefficient (Wildman–Crippen LogP) is 11.5. The molecular weight excluding hydrogens is 1040 g/mol. The van der Waals surface area contributed by atoms with Crippen molar-refractivity contribution in [3.05, 3.63) is 138 Å². The number of aliphatic hydroxyl groups is 1. The van der Waals surface area contributed by atoms with Crippen LogP contribution in [0.4, 0.5) is 35.9 Å². The summed E-state index contributed by atoms with van der Waals surface area (Å²) in [4.78, 5) is 19.5. The summed E-state index contributed by atoms with van der Waals surface area (Å²) >= 11 is 7.77. The fourth-order valence-electron chi connectivity index (χ4n) is 10.4. The maximum atomic E-state index is 15.0. The highest BCUT2D eigenvalue weighted by atomic mass is 35.5. The zero-order valence-electron chi connectivity index (χ0n) is 41.9. The topological polar surface area (TPSA) is 148 Å². The third kappa shape index (κ3) is 11.6. The van der Waals surface area contributed by atoms with Gasteiger partial charge in [-0.3, -0.25) is 9.24 Å². The number of nitrogens with one attached hydrogen (secondary N) is 1. The molecule has 3 fully saturated rings. The number of alkyl halides is 3. The van der Waals surface area contributed by atoms with Crippen LogP contribution in [0.2, 0.25) is 5.02 Å². The molecule has 3 saturated heterocycles. The number of carbonyl (C=O) groups is 1. The van der Waals surface area contributed by atoms with Gasteiger partial charge >= 0.3 is 19.0 Å². The van der Waals surface area contributed by atoms with Crippen LogP contribution < -0.4 is 25.1 Å². The number of anilines is 4. The van der Waals surface area contributed by atoms with Gasteiger partial charge in [0.15, 0.2) is 0 Å². The van der Waals surface area contributed by atoms with E-state index in [1.54, 1.807) is 24.3 Å². The average molecular weight is 1110 g/mol. The van der Waals surface area contributed by atoms with E-state index in [0.717, 1.165) is 39.2 Å². The van der Waals surface area contributed by atoms with Crippen LogP contribution in [0, 0.1) is 6.92 Å². The van der Waals surface area contributed by atoms with Crippen LogP contribution >= 0.6 is 30.9 Å². The van der Waals surface area contributed by atoms with E-state index in [2.05, 4.69) is 24.6 Å². The zero-order valence-corrected chi connectivity index (χ0v) is 45.2. The SMILES string of the molecule is Cc1c(C(=O)O)c(-c2cccc(N3CCN(c4ccc(N5CCO[P@@]5(=O)c5ccc(NC(CCN6CCC(O)CC6)CSc6ccccc6)c(S(=O)(=O)C(F)(F)F)c5)cc4)CC3)c2)c(-c2ccc(Cl)cc2)n1C(C)C. The van der Waals surface area contributed by atoms with E-state index >= 15 is 0 Å². The summed E-state index contributed by atoms with van der Waals surface area (Å²) in [6.07, 6.45) is 1.35. The van der Waals surface area contributed by atoms with Gasteiger partial charge < -0.3 is 39.3 Å². The van der Waals surface area contributed by atoms with Gasteiger partial charge in [0.25, 0.3) is 9.84 Å². The van der Waals surface area contributed by atoms with E-state index in [1.165, 1.54) is 28.6 Å². The fourth-order valence-corrected chi connectivity index (χ4v) is 14.8. The Morgan fingerprint density at radius 2 is 1.48 bits per heavy atom. The number of likely N-dealkylation sites (tertiary alicyclic amines) is 1. The van der Waals surface area contributed by atoms with Crippen molar-refractivity contribution < 1.29 is 45.7 Å². The number of carboxylic acids is 1. The minimum absolute atomic E-state index is 0.000916. The van der Waals surface area contributed by atoms with Crippen molar-refractivity contribution in [1.29, 1.82) is 0 Å². The van der Waals surface area contributed by atoms with Gasteiger partial charge in [0.05, 0.1) is 41.5 Å². The first kappa shape index (κ1) is 54.3. The highest BCUT2D eigenvalue weighted by Crippen LogP contribution is 2.56. The second-order valence-corrected chi connectivity index (χ2v) is 25.2. The van der Waals surface area contributed by atoms with Crippen molar-refractivity contribution in [1.82, 2.24) is 9.47 Å². The van der Waals surface area contributed by atoms with Gasteiger partial charge in [-0.05, 0) is 130 Å². The summed E-state index contributed by atoms with van der Waals surface area (Å²) in [5.41, 5.74) is 0.478. The minimum Gasteiger partial charge on any atom is -0.478 e. The smallest absolute Gasteiger partial charge is 0.478 e. The number of rotatable bonds is 17. The molecule has 0 amide bonds. The molecule has 20 heteroatoms. The molecule has 0 bridgehead atoms. The Morgan fingerprint density at radius 3 is 2.12 bits per heavy atom. The average Bonchev–Trinajstić information content (AvgIpc) is 3.96. The molecule has 3 aliphatic heterocycles. The summed E-state index contributed by atoms with van der Waals surface area (Å²) in [5.74, 6) is -0.586. The first-order chi connectivity index (χ1) is 35.8. The Labute approximate surface area is 445 Å². The summed E-state index contributed by atoms with van der Waals surface area (Å²) in [7, 11) is -10.1. The van der Waals surface area contributed by atoms with Crippen LogP contribution in [0.25, 0.3) is 22.4 Å². The standard InChI is InChI=1S/C55H61ClF3N6O7PS2/c1-37(2)65-38(3)51(54(67)68)52(53(65)39-12-14-41(56)15-13-39)40-8-7-9-45(34-40)63-30-28-62(29-31-63)43-16-18-44(19-17-43)64-32-33-72-73(64,69)47-20-21-49(50(35-47)75(70,71)55(57,58)59)60-42(36-74-48-10-5-4-6-11-48)22-25-61-26-23-46(66)24-27-61/h4-21,34-35,37,42,46,60,66H,22-33,36H2,1-3H3,(H,67,68)/t42?,73-/m0/s1. The first-order valence-electron chi connectivity index (χ1n) is 25.1. The van der Waals surface area contributed by atoms with Crippen molar-refractivity contribution in [2.24, 2.45) is 0 Å². The van der Waals surface area contributed by atoms with Crippen molar-refractivity contribution >= 4 is 74.7 Å². The van der Waals surface area contributed by atoms with Crippen molar-refractivity contribution in [2.45, 2.75) is 73.5 Å². The predicted molar refractivity (Wildman–Crippen MR) is 294 cm³/mol. The number of halogens is 4. The number of benzene rings is 5. The number of hydrogen-bond acceptors (Lipinski definition) is 11. The van der Waals surface area contributed by atoms with Crippen LogP contribution in [0.1, 0.15) is 55.2 Å². The van der Waals surface area contributed by atoms with Gasteiger partial charge in [-0.15, -0.1) is 11.8 Å². The molecule has 1 aromatic heterocycles. The summed E-state index contributed by atoms with van der Waals surface area (Å²) in [6.45, 7) is 10.6. The maximum absolute atomic E-state index is 15.0. The maximum Gasteiger partial charge on any atom is 0.501 e. The van der Waals surface area contributed by atoms with Crippen LogP contribution in [0.3, 0.4) is 0 Å². The molecule has 4 heterocycles. The lowest BCUT2D eigenvalue weighted by Crippen LogP contribution is -2.46. The minimum atomic E-state index is -5.94. The normalized spacial score (nSPS) is 18.5. The number of carboxylic acid groups (broad SMARTS) is 1. The molecule has 0 spiro atoms. The third-order valence-corrected chi connectivity index (χ3v) is 19.8. The molecule has 6 aromatic rings. The first-order valence-corrected chi connectivity index (χ1v) is 29.5. The molecule has 0 aliphatic carbocycles. The Kier molecular flexibility index (Phi) is 16.4. The lowest BCUT2D eigenvalue weighted by Gasteiger charge is -2.37.